The molecule has 1 aromatic heterocycles. The summed E-state index contributed by atoms with van der Waals surface area (Å²) in [4.78, 5) is 24.1. The lowest BCUT2D eigenvalue weighted by Gasteiger charge is -2.06. The van der Waals surface area contributed by atoms with E-state index in [1.54, 1.807) is 50.4 Å². The van der Waals surface area contributed by atoms with Crippen LogP contribution in [0.25, 0.3) is 11.3 Å². The molecule has 0 aliphatic heterocycles. The average Bonchev–Trinajstić information content (AvgIpc) is 3.19. The Morgan fingerprint density at radius 3 is 2.54 bits per heavy atom. The fourth-order valence-electron chi connectivity index (χ4n) is 2.70. The Morgan fingerprint density at radius 2 is 1.82 bits per heavy atom. The molecule has 6 nitrogen and oxygen atoms in total. The van der Waals surface area contributed by atoms with Gasteiger partial charge >= 0.3 is 5.97 Å². The second-order valence-corrected chi connectivity index (χ2v) is 6.03. The first-order valence-corrected chi connectivity index (χ1v) is 8.89. The Kier molecular flexibility index (Phi) is 6.11. The number of anilines is 1. The van der Waals surface area contributed by atoms with Gasteiger partial charge in [0, 0.05) is 11.3 Å². The number of esters is 1. The van der Waals surface area contributed by atoms with Crippen molar-refractivity contribution < 1.29 is 23.5 Å². The molecule has 1 heterocycles. The summed E-state index contributed by atoms with van der Waals surface area (Å²) < 4.78 is 15.8. The Labute approximate surface area is 163 Å². The van der Waals surface area contributed by atoms with Crippen LogP contribution in [0.4, 0.5) is 5.69 Å². The zero-order valence-electron chi connectivity index (χ0n) is 15.7. The third-order valence-corrected chi connectivity index (χ3v) is 4.04. The van der Waals surface area contributed by atoms with Gasteiger partial charge in [0.1, 0.15) is 11.5 Å². The predicted molar refractivity (Wildman–Crippen MR) is 105 cm³/mol. The number of rotatable bonds is 7. The Morgan fingerprint density at radius 1 is 1.04 bits per heavy atom. The largest absolute Gasteiger partial charge is 0.497 e. The number of hydrogen-bond acceptors (Lipinski definition) is 5. The summed E-state index contributed by atoms with van der Waals surface area (Å²) in [5, 5.41) is 2.78. The minimum Gasteiger partial charge on any atom is -0.497 e. The molecule has 0 fully saturated rings. The molecule has 3 aromatic rings. The summed E-state index contributed by atoms with van der Waals surface area (Å²) in [6, 6.07) is 17.8. The first-order chi connectivity index (χ1) is 13.6. The molecule has 6 heteroatoms. The van der Waals surface area contributed by atoms with Crippen LogP contribution in [0.3, 0.4) is 0 Å². The fourth-order valence-corrected chi connectivity index (χ4v) is 2.70. The van der Waals surface area contributed by atoms with Crippen molar-refractivity contribution in [1.82, 2.24) is 0 Å². The molecule has 1 amide bonds. The van der Waals surface area contributed by atoms with Crippen molar-refractivity contribution in [2.24, 2.45) is 0 Å². The van der Waals surface area contributed by atoms with Crippen LogP contribution >= 0.6 is 0 Å². The maximum atomic E-state index is 12.5. The van der Waals surface area contributed by atoms with Gasteiger partial charge in [0.05, 0.1) is 20.1 Å². The number of carbonyl (C=O) groups excluding carboxylic acids is 2. The lowest BCUT2D eigenvalue weighted by atomic mass is 10.1. The van der Waals surface area contributed by atoms with E-state index in [9.17, 15) is 9.59 Å². The van der Waals surface area contributed by atoms with E-state index < -0.39 is 0 Å². The van der Waals surface area contributed by atoms with Crippen molar-refractivity contribution in [2.75, 3.05) is 19.0 Å². The molecule has 0 radical (unpaired) electrons. The van der Waals surface area contributed by atoms with Gasteiger partial charge in [0.15, 0.2) is 5.76 Å². The summed E-state index contributed by atoms with van der Waals surface area (Å²) >= 11 is 0. The summed E-state index contributed by atoms with van der Waals surface area (Å²) in [5.41, 5.74) is 2.18. The molecule has 0 bridgehead atoms. The summed E-state index contributed by atoms with van der Waals surface area (Å²) in [6.07, 6.45) is 0.153. The molecule has 0 spiro atoms. The molecular formula is C22H21NO5. The molecule has 0 saturated carbocycles. The second kappa shape index (κ2) is 8.90. The maximum absolute atomic E-state index is 12.5. The van der Waals surface area contributed by atoms with Crippen LogP contribution in [0.1, 0.15) is 23.0 Å². The van der Waals surface area contributed by atoms with E-state index >= 15 is 0 Å². The van der Waals surface area contributed by atoms with Gasteiger partial charge in [-0.25, -0.2) is 0 Å². The van der Waals surface area contributed by atoms with E-state index in [0.29, 0.717) is 18.1 Å². The smallest absolute Gasteiger partial charge is 0.310 e. The van der Waals surface area contributed by atoms with Crippen LogP contribution < -0.4 is 10.1 Å². The third-order valence-electron chi connectivity index (χ3n) is 4.04. The van der Waals surface area contributed by atoms with Gasteiger partial charge in [0.2, 0.25) is 0 Å². The first-order valence-electron chi connectivity index (χ1n) is 8.89. The molecule has 0 aliphatic rings. The van der Waals surface area contributed by atoms with Gasteiger partial charge in [-0.1, -0.05) is 12.1 Å². The van der Waals surface area contributed by atoms with Gasteiger partial charge in [-0.3, -0.25) is 9.59 Å². The molecule has 144 valence electrons. The minimum atomic E-state index is -0.368. The van der Waals surface area contributed by atoms with Crippen molar-refractivity contribution >= 4 is 17.6 Å². The van der Waals surface area contributed by atoms with Crippen LogP contribution in [-0.2, 0) is 16.0 Å². The number of amides is 1. The Balaban J connectivity index is 1.68. The number of furan rings is 1. The lowest BCUT2D eigenvalue weighted by Crippen LogP contribution is -2.12. The molecule has 28 heavy (non-hydrogen) atoms. The number of carbonyl (C=O) groups is 2. The number of methoxy groups -OCH3 is 1. The average molecular weight is 379 g/mol. The highest BCUT2D eigenvalue weighted by molar-refractivity contribution is 6.02. The minimum absolute atomic E-state index is 0.153. The molecule has 0 unspecified atom stereocenters. The highest BCUT2D eigenvalue weighted by Crippen LogP contribution is 2.25. The third kappa shape index (κ3) is 4.79. The van der Waals surface area contributed by atoms with Crippen LogP contribution in [-0.4, -0.2) is 25.6 Å². The number of nitrogens with one attached hydrogen (secondary N) is 1. The SMILES string of the molecule is CCOC(=O)Cc1cccc(NC(=O)c2ccc(-c3ccc(OC)cc3)o2)c1. The summed E-state index contributed by atoms with van der Waals surface area (Å²) in [5.74, 6) is 0.857. The van der Waals surface area contributed by atoms with Gasteiger partial charge in [-0.05, 0) is 61.0 Å². The molecule has 2 aromatic carbocycles. The standard InChI is InChI=1S/C22H21NO5/c1-3-27-21(24)14-15-5-4-6-17(13-15)23-22(25)20-12-11-19(28-20)16-7-9-18(26-2)10-8-16/h4-13H,3,14H2,1-2H3,(H,23,25). The monoisotopic (exact) mass is 379 g/mol. The van der Waals surface area contributed by atoms with Crippen molar-refractivity contribution in [3.05, 3.63) is 72.0 Å². The number of hydrogen-bond donors (Lipinski definition) is 1. The van der Waals surface area contributed by atoms with Gasteiger partial charge < -0.3 is 19.2 Å². The lowest BCUT2D eigenvalue weighted by molar-refractivity contribution is -0.142. The van der Waals surface area contributed by atoms with Crippen molar-refractivity contribution in [3.8, 4) is 17.1 Å². The molecule has 0 atom stereocenters. The zero-order chi connectivity index (χ0) is 19.9. The highest BCUT2D eigenvalue weighted by atomic mass is 16.5. The Hall–Kier alpha value is -3.54. The van der Waals surface area contributed by atoms with Crippen molar-refractivity contribution in [1.29, 1.82) is 0 Å². The number of ether oxygens (including phenoxy) is 2. The van der Waals surface area contributed by atoms with E-state index in [1.807, 2.05) is 24.3 Å². The Bertz CT molecular complexity index is 959. The van der Waals surface area contributed by atoms with Crippen LogP contribution in [0.15, 0.2) is 65.1 Å². The first kappa shape index (κ1) is 19.2. The van der Waals surface area contributed by atoms with E-state index in [0.717, 1.165) is 16.9 Å². The van der Waals surface area contributed by atoms with E-state index in [1.165, 1.54) is 0 Å². The highest BCUT2D eigenvalue weighted by Gasteiger charge is 2.13. The van der Waals surface area contributed by atoms with E-state index in [-0.39, 0.29) is 24.1 Å². The van der Waals surface area contributed by atoms with Crippen molar-refractivity contribution in [3.63, 3.8) is 0 Å². The normalized spacial score (nSPS) is 10.4. The summed E-state index contributed by atoms with van der Waals surface area (Å²) in [6.45, 7) is 2.10. The predicted octanol–water partition coefficient (Wildman–Crippen LogP) is 4.31. The molecule has 0 saturated heterocycles. The summed E-state index contributed by atoms with van der Waals surface area (Å²) in [7, 11) is 1.60. The van der Waals surface area contributed by atoms with Gasteiger partial charge in [-0.2, -0.15) is 0 Å². The van der Waals surface area contributed by atoms with Gasteiger partial charge in [-0.15, -0.1) is 0 Å². The zero-order valence-corrected chi connectivity index (χ0v) is 15.7. The maximum Gasteiger partial charge on any atom is 0.310 e. The van der Waals surface area contributed by atoms with Crippen LogP contribution in [0.2, 0.25) is 0 Å². The van der Waals surface area contributed by atoms with E-state index in [2.05, 4.69) is 5.32 Å². The van der Waals surface area contributed by atoms with Crippen LogP contribution in [0.5, 0.6) is 5.75 Å². The molecular weight excluding hydrogens is 358 g/mol. The molecule has 0 aliphatic carbocycles. The molecule has 3 rings (SSSR count). The topological polar surface area (TPSA) is 77.8 Å². The fraction of sp³-hybridized carbons (Fsp3) is 0.182. The molecule has 1 N–H and O–H groups in total. The second-order valence-electron chi connectivity index (χ2n) is 6.03. The quantitative estimate of drug-likeness (QED) is 0.619. The number of benzene rings is 2. The van der Waals surface area contributed by atoms with Crippen LogP contribution in [0, 0.1) is 0 Å². The van der Waals surface area contributed by atoms with Crippen molar-refractivity contribution in [2.45, 2.75) is 13.3 Å². The van der Waals surface area contributed by atoms with Gasteiger partial charge in [0.25, 0.3) is 5.91 Å². The van der Waals surface area contributed by atoms with E-state index in [4.69, 9.17) is 13.9 Å².